The monoisotopic (exact) mass is 246 g/mol. The number of unbranched alkanes of at least 4 members (excludes halogenated alkanes) is 5. The quantitative estimate of drug-likeness (QED) is 0.479. The van der Waals surface area contributed by atoms with E-state index in [1.807, 2.05) is 0 Å². The van der Waals surface area contributed by atoms with Crippen LogP contribution in [0.4, 0.5) is 0 Å². The van der Waals surface area contributed by atoms with Crippen molar-refractivity contribution in [3.8, 4) is 0 Å². The van der Waals surface area contributed by atoms with Crippen LogP contribution in [0.15, 0.2) is 18.2 Å². The van der Waals surface area contributed by atoms with Gasteiger partial charge in [0.1, 0.15) is 0 Å². The molecule has 0 aliphatic heterocycles. The fourth-order valence-electron chi connectivity index (χ4n) is 2.63. The molecular formula is C18H30. The third-order valence-corrected chi connectivity index (χ3v) is 3.84. The summed E-state index contributed by atoms with van der Waals surface area (Å²) in [6.45, 7) is 6.83. The lowest BCUT2D eigenvalue weighted by molar-refractivity contribution is 0.629. The van der Waals surface area contributed by atoms with Crippen molar-refractivity contribution >= 4 is 0 Å². The molecule has 1 aromatic carbocycles. The van der Waals surface area contributed by atoms with Gasteiger partial charge in [0, 0.05) is 0 Å². The van der Waals surface area contributed by atoms with Crippen LogP contribution in [0.3, 0.4) is 0 Å². The van der Waals surface area contributed by atoms with Gasteiger partial charge in [0.05, 0.1) is 0 Å². The van der Waals surface area contributed by atoms with Gasteiger partial charge in [0.15, 0.2) is 0 Å². The lowest BCUT2D eigenvalue weighted by atomic mass is 9.93. The van der Waals surface area contributed by atoms with E-state index in [1.54, 1.807) is 11.1 Å². The predicted molar refractivity (Wildman–Crippen MR) is 82.3 cm³/mol. The molecule has 0 fully saturated rings. The molecule has 0 saturated heterocycles. The van der Waals surface area contributed by atoms with Gasteiger partial charge in [-0.15, -0.1) is 0 Å². The first-order chi connectivity index (χ1) is 8.79. The molecule has 0 aliphatic carbocycles. The van der Waals surface area contributed by atoms with E-state index in [-0.39, 0.29) is 0 Å². The van der Waals surface area contributed by atoms with E-state index in [2.05, 4.69) is 39.0 Å². The number of hydrogen-bond acceptors (Lipinski definition) is 0. The van der Waals surface area contributed by atoms with Gasteiger partial charge in [-0.3, -0.25) is 0 Å². The van der Waals surface area contributed by atoms with Crippen molar-refractivity contribution in [2.75, 3.05) is 0 Å². The van der Waals surface area contributed by atoms with E-state index in [0.29, 0.717) is 0 Å². The molecule has 0 amide bonds. The van der Waals surface area contributed by atoms with Crippen LogP contribution >= 0.6 is 0 Å². The minimum absolute atomic E-state index is 1.27. The first-order valence-electron chi connectivity index (χ1n) is 7.87. The Morgan fingerprint density at radius 2 is 1.50 bits per heavy atom. The van der Waals surface area contributed by atoms with Crippen molar-refractivity contribution in [3.05, 3.63) is 34.9 Å². The maximum Gasteiger partial charge on any atom is -0.0274 e. The molecule has 102 valence electrons. The van der Waals surface area contributed by atoms with Crippen molar-refractivity contribution in [3.63, 3.8) is 0 Å². The molecule has 18 heavy (non-hydrogen) atoms. The Labute approximate surface area is 114 Å². The van der Waals surface area contributed by atoms with Crippen LogP contribution in [-0.2, 0) is 12.8 Å². The Hall–Kier alpha value is -0.780. The number of hydrogen-bond donors (Lipinski definition) is 0. The van der Waals surface area contributed by atoms with Crippen molar-refractivity contribution in [2.24, 2.45) is 0 Å². The summed E-state index contributed by atoms with van der Waals surface area (Å²) in [6.07, 6.45) is 12.1. The van der Waals surface area contributed by atoms with Crippen molar-refractivity contribution in [1.29, 1.82) is 0 Å². The average Bonchev–Trinajstić information content (AvgIpc) is 2.38. The Bertz CT molecular complexity index is 325. The van der Waals surface area contributed by atoms with Gasteiger partial charge in [0.25, 0.3) is 0 Å². The highest BCUT2D eigenvalue weighted by molar-refractivity contribution is 5.34. The minimum Gasteiger partial charge on any atom is -0.0654 e. The highest BCUT2D eigenvalue weighted by Gasteiger charge is 2.04. The fourth-order valence-corrected chi connectivity index (χ4v) is 2.63. The Kier molecular flexibility index (Phi) is 7.80. The molecule has 0 unspecified atom stereocenters. The maximum atomic E-state index is 2.35. The molecular weight excluding hydrogens is 216 g/mol. The smallest absolute Gasteiger partial charge is 0.0274 e. The second-order valence-corrected chi connectivity index (χ2v) is 5.48. The molecule has 0 saturated carbocycles. The Balaban J connectivity index is 2.50. The van der Waals surface area contributed by atoms with Crippen LogP contribution in [0.1, 0.15) is 75.5 Å². The van der Waals surface area contributed by atoms with E-state index in [1.165, 1.54) is 63.4 Å². The van der Waals surface area contributed by atoms with Crippen LogP contribution in [-0.4, -0.2) is 0 Å². The molecule has 0 N–H and O–H groups in total. The summed E-state index contributed by atoms with van der Waals surface area (Å²) < 4.78 is 0. The van der Waals surface area contributed by atoms with Gasteiger partial charge in [-0.1, -0.05) is 64.2 Å². The SMILES string of the molecule is CCCCCCCc1cccc(C)c1CCCC. The lowest BCUT2D eigenvalue weighted by Gasteiger charge is -2.12. The number of benzene rings is 1. The predicted octanol–water partition coefficient (Wildman–Crippen LogP) is 5.85. The second-order valence-electron chi connectivity index (χ2n) is 5.48. The van der Waals surface area contributed by atoms with E-state index >= 15 is 0 Å². The van der Waals surface area contributed by atoms with Gasteiger partial charge < -0.3 is 0 Å². The Morgan fingerprint density at radius 3 is 2.22 bits per heavy atom. The van der Waals surface area contributed by atoms with E-state index in [0.717, 1.165) is 0 Å². The zero-order chi connectivity index (χ0) is 13.2. The van der Waals surface area contributed by atoms with Crippen molar-refractivity contribution in [1.82, 2.24) is 0 Å². The molecule has 0 aromatic heterocycles. The lowest BCUT2D eigenvalue weighted by Crippen LogP contribution is -1.98. The maximum absolute atomic E-state index is 2.35. The molecule has 0 bridgehead atoms. The van der Waals surface area contributed by atoms with Crippen molar-refractivity contribution in [2.45, 2.75) is 78.6 Å². The normalized spacial score (nSPS) is 10.8. The summed E-state index contributed by atoms with van der Waals surface area (Å²) in [4.78, 5) is 0. The zero-order valence-electron chi connectivity index (χ0n) is 12.6. The summed E-state index contributed by atoms with van der Waals surface area (Å²) in [5.74, 6) is 0. The minimum atomic E-state index is 1.27. The first kappa shape index (κ1) is 15.3. The molecule has 0 heteroatoms. The van der Waals surface area contributed by atoms with Crippen LogP contribution in [0.2, 0.25) is 0 Å². The molecule has 0 aliphatic rings. The molecule has 0 radical (unpaired) electrons. The summed E-state index contributed by atoms with van der Waals surface area (Å²) in [5, 5.41) is 0. The average molecular weight is 246 g/mol. The van der Waals surface area contributed by atoms with Gasteiger partial charge >= 0.3 is 0 Å². The van der Waals surface area contributed by atoms with Gasteiger partial charge in [-0.2, -0.15) is 0 Å². The fraction of sp³-hybridized carbons (Fsp3) is 0.667. The largest absolute Gasteiger partial charge is 0.0654 e. The topological polar surface area (TPSA) is 0 Å². The molecule has 1 aromatic rings. The molecule has 1 rings (SSSR count). The van der Waals surface area contributed by atoms with Gasteiger partial charge in [-0.05, 0) is 49.3 Å². The third kappa shape index (κ3) is 5.25. The summed E-state index contributed by atoms with van der Waals surface area (Å²) in [6, 6.07) is 6.84. The highest BCUT2D eigenvalue weighted by atomic mass is 14.1. The summed E-state index contributed by atoms with van der Waals surface area (Å²) in [7, 11) is 0. The van der Waals surface area contributed by atoms with Crippen LogP contribution in [0.5, 0.6) is 0 Å². The standard InChI is InChI=1S/C18H30/c1-4-6-8-9-10-13-17-14-11-12-16(3)18(17)15-7-5-2/h11-12,14H,4-10,13,15H2,1-3H3. The molecule has 0 spiro atoms. The van der Waals surface area contributed by atoms with Crippen LogP contribution < -0.4 is 0 Å². The molecule has 0 heterocycles. The van der Waals surface area contributed by atoms with E-state index < -0.39 is 0 Å². The second kappa shape index (κ2) is 9.19. The zero-order valence-corrected chi connectivity index (χ0v) is 12.6. The number of aryl methyl sites for hydroxylation is 2. The van der Waals surface area contributed by atoms with Crippen molar-refractivity contribution < 1.29 is 0 Å². The highest BCUT2D eigenvalue weighted by Crippen LogP contribution is 2.19. The van der Waals surface area contributed by atoms with Crippen LogP contribution in [0, 0.1) is 6.92 Å². The van der Waals surface area contributed by atoms with Crippen LogP contribution in [0.25, 0.3) is 0 Å². The van der Waals surface area contributed by atoms with E-state index in [9.17, 15) is 0 Å². The summed E-state index contributed by atoms with van der Waals surface area (Å²) >= 11 is 0. The molecule has 0 atom stereocenters. The third-order valence-electron chi connectivity index (χ3n) is 3.84. The van der Waals surface area contributed by atoms with E-state index in [4.69, 9.17) is 0 Å². The number of rotatable bonds is 9. The molecule has 0 nitrogen and oxygen atoms in total. The first-order valence-corrected chi connectivity index (χ1v) is 7.87. The van der Waals surface area contributed by atoms with Gasteiger partial charge in [-0.25, -0.2) is 0 Å². The Morgan fingerprint density at radius 1 is 0.778 bits per heavy atom. The summed E-state index contributed by atoms with van der Waals surface area (Å²) in [5.41, 5.74) is 4.74. The van der Waals surface area contributed by atoms with Gasteiger partial charge in [0.2, 0.25) is 0 Å².